The zero-order chi connectivity index (χ0) is 11.4. The highest BCUT2D eigenvalue weighted by molar-refractivity contribution is 7.12. The number of nitrogens with one attached hydrogen (secondary N) is 1. The monoisotopic (exact) mass is 236 g/mol. The van der Waals surface area contributed by atoms with Gasteiger partial charge in [-0.3, -0.25) is 4.68 Å². The number of nitrogens with zero attached hydrogens (tertiary/aromatic N) is 3. The van der Waals surface area contributed by atoms with E-state index in [-0.39, 0.29) is 0 Å². The van der Waals surface area contributed by atoms with Crippen molar-refractivity contribution in [2.24, 2.45) is 0 Å². The van der Waals surface area contributed by atoms with Crippen molar-refractivity contribution in [3.8, 4) is 0 Å². The van der Waals surface area contributed by atoms with E-state index >= 15 is 0 Å². The van der Waals surface area contributed by atoms with Gasteiger partial charge in [-0.2, -0.15) is 0 Å². The fraction of sp³-hybridized carbons (Fsp3) is 0.455. The zero-order valence-electron chi connectivity index (χ0n) is 9.60. The van der Waals surface area contributed by atoms with Gasteiger partial charge in [-0.1, -0.05) is 5.21 Å². The van der Waals surface area contributed by atoms with E-state index in [2.05, 4.69) is 35.5 Å². The average Bonchev–Trinajstić information content (AvgIpc) is 2.84. The first kappa shape index (κ1) is 11.3. The van der Waals surface area contributed by atoms with Crippen LogP contribution in [0, 0.1) is 13.8 Å². The van der Waals surface area contributed by atoms with Crippen LogP contribution in [0.4, 0.5) is 0 Å². The van der Waals surface area contributed by atoms with Crippen molar-refractivity contribution in [3.63, 3.8) is 0 Å². The summed E-state index contributed by atoms with van der Waals surface area (Å²) in [5.74, 6) is 0. The second kappa shape index (κ2) is 5.23. The van der Waals surface area contributed by atoms with Crippen LogP contribution >= 0.6 is 11.3 Å². The van der Waals surface area contributed by atoms with Gasteiger partial charge in [0.2, 0.25) is 0 Å². The molecule has 5 heteroatoms. The summed E-state index contributed by atoms with van der Waals surface area (Å²) in [6, 6.07) is 2.25. The minimum Gasteiger partial charge on any atom is -0.311 e. The SMILES string of the molecule is Cc1cc(CNCCn2ccnn2)c(C)s1. The fourth-order valence-corrected chi connectivity index (χ4v) is 2.57. The molecule has 0 aliphatic heterocycles. The summed E-state index contributed by atoms with van der Waals surface area (Å²) in [4.78, 5) is 2.79. The Morgan fingerprint density at radius 1 is 1.44 bits per heavy atom. The van der Waals surface area contributed by atoms with Crippen molar-refractivity contribution in [3.05, 3.63) is 33.8 Å². The van der Waals surface area contributed by atoms with Crippen LogP contribution < -0.4 is 5.32 Å². The third kappa shape index (κ3) is 2.90. The number of hydrogen-bond acceptors (Lipinski definition) is 4. The van der Waals surface area contributed by atoms with E-state index in [1.165, 1.54) is 15.3 Å². The number of thiophene rings is 1. The summed E-state index contributed by atoms with van der Waals surface area (Å²) >= 11 is 1.86. The van der Waals surface area contributed by atoms with Crippen molar-refractivity contribution in [1.29, 1.82) is 0 Å². The maximum Gasteiger partial charge on any atom is 0.0692 e. The largest absolute Gasteiger partial charge is 0.311 e. The molecule has 0 saturated carbocycles. The van der Waals surface area contributed by atoms with E-state index in [1.807, 2.05) is 22.2 Å². The molecule has 0 aromatic carbocycles. The summed E-state index contributed by atoms with van der Waals surface area (Å²) in [7, 11) is 0. The lowest BCUT2D eigenvalue weighted by Crippen LogP contribution is -2.19. The molecule has 0 aliphatic rings. The first-order valence-electron chi connectivity index (χ1n) is 5.36. The van der Waals surface area contributed by atoms with E-state index in [0.29, 0.717) is 0 Å². The quantitative estimate of drug-likeness (QED) is 0.804. The van der Waals surface area contributed by atoms with Crippen LogP contribution in [-0.4, -0.2) is 21.5 Å². The first-order chi connectivity index (χ1) is 7.75. The van der Waals surface area contributed by atoms with Gasteiger partial charge < -0.3 is 5.32 Å². The molecule has 0 fully saturated rings. The summed E-state index contributed by atoms with van der Waals surface area (Å²) in [6.45, 7) is 7.04. The van der Waals surface area contributed by atoms with Crippen molar-refractivity contribution in [2.45, 2.75) is 26.9 Å². The molecule has 0 radical (unpaired) electrons. The predicted octanol–water partition coefficient (Wildman–Crippen LogP) is 1.75. The Balaban J connectivity index is 1.74. The number of rotatable bonds is 5. The predicted molar refractivity (Wildman–Crippen MR) is 65.5 cm³/mol. The van der Waals surface area contributed by atoms with Gasteiger partial charge in [0.05, 0.1) is 12.7 Å². The smallest absolute Gasteiger partial charge is 0.0692 e. The van der Waals surface area contributed by atoms with E-state index in [0.717, 1.165) is 19.6 Å². The Bertz CT molecular complexity index is 433. The van der Waals surface area contributed by atoms with Crippen LogP contribution in [0.3, 0.4) is 0 Å². The topological polar surface area (TPSA) is 42.7 Å². The van der Waals surface area contributed by atoms with E-state index in [4.69, 9.17) is 0 Å². The molecule has 2 rings (SSSR count). The van der Waals surface area contributed by atoms with E-state index in [1.54, 1.807) is 6.20 Å². The van der Waals surface area contributed by atoms with E-state index < -0.39 is 0 Å². The van der Waals surface area contributed by atoms with Crippen LogP contribution in [-0.2, 0) is 13.1 Å². The maximum absolute atomic E-state index is 3.91. The molecular weight excluding hydrogens is 220 g/mol. The fourth-order valence-electron chi connectivity index (χ4n) is 1.63. The van der Waals surface area contributed by atoms with E-state index in [9.17, 15) is 0 Å². The molecule has 2 aromatic heterocycles. The maximum atomic E-state index is 3.91. The minimum absolute atomic E-state index is 0.863. The molecule has 2 heterocycles. The molecular formula is C11H16N4S. The Morgan fingerprint density at radius 2 is 2.31 bits per heavy atom. The van der Waals surface area contributed by atoms with Gasteiger partial charge in [0.1, 0.15) is 0 Å². The number of hydrogen-bond donors (Lipinski definition) is 1. The molecule has 0 aliphatic carbocycles. The lowest BCUT2D eigenvalue weighted by molar-refractivity contribution is 0.540. The average molecular weight is 236 g/mol. The van der Waals surface area contributed by atoms with Gasteiger partial charge in [0.15, 0.2) is 0 Å². The molecule has 86 valence electrons. The first-order valence-corrected chi connectivity index (χ1v) is 6.18. The second-order valence-corrected chi connectivity index (χ2v) is 5.24. The summed E-state index contributed by atoms with van der Waals surface area (Å²) in [5.41, 5.74) is 1.40. The van der Waals surface area contributed by atoms with Crippen LogP contribution in [0.2, 0.25) is 0 Å². The van der Waals surface area contributed by atoms with Gasteiger partial charge in [0, 0.05) is 29.0 Å². The Labute approximate surface area is 99.3 Å². The summed E-state index contributed by atoms with van der Waals surface area (Å²) in [5, 5.41) is 11.1. The van der Waals surface area contributed by atoms with Crippen LogP contribution in [0.25, 0.3) is 0 Å². The van der Waals surface area contributed by atoms with Gasteiger partial charge in [-0.25, -0.2) is 0 Å². The Kier molecular flexibility index (Phi) is 3.69. The van der Waals surface area contributed by atoms with Crippen molar-refractivity contribution < 1.29 is 0 Å². The zero-order valence-corrected chi connectivity index (χ0v) is 10.4. The van der Waals surface area contributed by atoms with Crippen LogP contribution in [0.5, 0.6) is 0 Å². The molecule has 2 aromatic rings. The minimum atomic E-state index is 0.863. The summed E-state index contributed by atoms with van der Waals surface area (Å²) in [6.07, 6.45) is 3.58. The molecule has 0 saturated heterocycles. The van der Waals surface area contributed by atoms with Crippen molar-refractivity contribution in [2.75, 3.05) is 6.54 Å². The normalized spacial score (nSPS) is 10.9. The molecule has 0 amide bonds. The van der Waals surface area contributed by atoms with Gasteiger partial charge in [0.25, 0.3) is 0 Å². The van der Waals surface area contributed by atoms with Gasteiger partial charge >= 0.3 is 0 Å². The van der Waals surface area contributed by atoms with Crippen LogP contribution in [0.1, 0.15) is 15.3 Å². The van der Waals surface area contributed by atoms with Crippen LogP contribution in [0.15, 0.2) is 18.5 Å². The lowest BCUT2D eigenvalue weighted by Gasteiger charge is -2.03. The Morgan fingerprint density at radius 3 is 2.94 bits per heavy atom. The lowest BCUT2D eigenvalue weighted by atomic mass is 10.2. The summed E-state index contributed by atoms with van der Waals surface area (Å²) < 4.78 is 1.83. The number of aryl methyl sites for hydroxylation is 2. The van der Waals surface area contributed by atoms with Crippen molar-refractivity contribution in [1.82, 2.24) is 20.3 Å². The molecule has 0 bridgehead atoms. The highest BCUT2D eigenvalue weighted by atomic mass is 32.1. The molecule has 16 heavy (non-hydrogen) atoms. The third-order valence-corrected chi connectivity index (χ3v) is 3.46. The Hall–Kier alpha value is -1.20. The molecule has 0 atom stereocenters. The highest BCUT2D eigenvalue weighted by Crippen LogP contribution is 2.19. The second-order valence-electron chi connectivity index (χ2n) is 3.78. The molecule has 0 unspecified atom stereocenters. The van der Waals surface area contributed by atoms with Gasteiger partial charge in [-0.05, 0) is 25.5 Å². The third-order valence-electron chi connectivity index (χ3n) is 2.45. The molecule has 0 spiro atoms. The number of aromatic nitrogens is 3. The van der Waals surface area contributed by atoms with Crippen molar-refractivity contribution >= 4 is 11.3 Å². The molecule has 4 nitrogen and oxygen atoms in total. The van der Waals surface area contributed by atoms with Gasteiger partial charge in [-0.15, -0.1) is 16.4 Å². The highest BCUT2D eigenvalue weighted by Gasteiger charge is 2.01. The standard InChI is InChI=1S/C11H16N4S/c1-9-7-11(10(2)16-9)8-12-3-5-15-6-4-13-14-15/h4,6-7,12H,3,5,8H2,1-2H3. The molecule has 1 N–H and O–H groups in total.